The van der Waals surface area contributed by atoms with Crippen molar-refractivity contribution in [2.75, 3.05) is 39.8 Å². The minimum absolute atomic E-state index is 0.0587. The third-order valence-corrected chi connectivity index (χ3v) is 5.44. The Labute approximate surface area is 167 Å². The van der Waals surface area contributed by atoms with Gasteiger partial charge in [-0.15, -0.1) is 0 Å². The Balaban J connectivity index is 1.52. The maximum absolute atomic E-state index is 12.7. The van der Waals surface area contributed by atoms with Crippen molar-refractivity contribution in [2.45, 2.75) is 33.1 Å². The summed E-state index contributed by atoms with van der Waals surface area (Å²) >= 11 is 0. The molecule has 0 aliphatic carbocycles. The number of aryl methyl sites for hydroxylation is 1. The average molecular weight is 386 g/mol. The fourth-order valence-corrected chi connectivity index (χ4v) is 3.91. The first-order chi connectivity index (χ1) is 13.6. The number of benzene rings is 1. The van der Waals surface area contributed by atoms with Gasteiger partial charge >= 0.3 is 0 Å². The number of aromatic nitrogens is 1. The van der Waals surface area contributed by atoms with Crippen LogP contribution in [0.5, 0.6) is 5.75 Å². The van der Waals surface area contributed by atoms with Crippen LogP contribution in [0.4, 0.5) is 0 Å². The topological polar surface area (TPSA) is 58.8 Å². The number of likely N-dealkylation sites (tertiary alicyclic amines) is 1. The lowest BCUT2D eigenvalue weighted by molar-refractivity contribution is 0.0650. The number of amides is 1. The Morgan fingerprint density at radius 3 is 2.96 bits per heavy atom. The average Bonchev–Trinajstić information content (AvgIpc) is 3.17. The Kier molecular flexibility index (Phi) is 7.09. The van der Waals surface area contributed by atoms with Gasteiger partial charge in [-0.3, -0.25) is 4.79 Å². The molecule has 1 atom stereocenters. The molecule has 1 unspecified atom stereocenters. The molecular weight excluding hydrogens is 354 g/mol. The van der Waals surface area contributed by atoms with E-state index >= 15 is 0 Å². The second-order valence-electron chi connectivity index (χ2n) is 7.59. The molecule has 3 rings (SSSR count). The highest BCUT2D eigenvalue weighted by atomic mass is 16.5. The largest absolute Gasteiger partial charge is 0.497 e. The normalized spacial score (nSPS) is 17.5. The molecule has 152 valence electrons. The number of carbonyl (C=O) groups excluding carboxylic acids is 1. The molecule has 0 N–H and O–H groups in total. The zero-order chi connectivity index (χ0) is 19.9. The van der Waals surface area contributed by atoms with Crippen LogP contribution in [0.2, 0.25) is 0 Å². The van der Waals surface area contributed by atoms with Gasteiger partial charge in [0.2, 0.25) is 5.76 Å². The van der Waals surface area contributed by atoms with Crippen LogP contribution in [-0.4, -0.2) is 60.7 Å². The van der Waals surface area contributed by atoms with Gasteiger partial charge in [-0.25, -0.2) is 0 Å². The van der Waals surface area contributed by atoms with Crippen LogP contribution in [0.25, 0.3) is 0 Å². The fourth-order valence-electron chi connectivity index (χ4n) is 3.91. The Hall–Kier alpha value is -2.34. The smallest absolute Gasteiger partial charge is 0.292 e. The van der Waals surface area contributed by atoms with Crippen molar-refractivity contribution in [3.8, 4) is 5.75 Å². The predicted molar refractivity (Wildman–Crippen MR) is 109 cm³/mol. The van der Waals surface area contributed by atoms with E-state index in [9.17, 15) is 4.79 Å². The molecule has 28 heavy (non-hydrogen) atoms. The van der Waals surface area contributed by atoms with E-state index in [0.29, 0.717) is 18.2 Å². The van der Waals surface area contributed by atoms with Crippen LogP contribution in [-0.2, 0) is 6.42 Å². The molecule has 2 heterocycles. The summed E-state index contributed by atoms with van der Waals surface area (Å²) in [5, 5.41) is 3.84. The van der Waals surface area contributed by atoms with E-state index in [-0.39, 0.29) is 5.91 Å². The number of piperidine rings is 1. The number of methoxy groups -OCH3 is 1. The third kappa shape index (κ3) is 5.35. The molecular formula is C22H31N3O3. The fraction of sp³-hybridized carbons (Fsp3) is 0.545. The minimum Gasteiger partial charge on any atom is -0.497 e. The Morgan fingerprint density at radius 1 is 1.39 bits per heavy atom. The lowest BCUT2D eigenvalue weighted by atomic mass is 9.96. The highest BCUT2D eigenvalue weighted by Gasteiger charge is 2.25. The number of hydrogen-bond acceptors (Lipinski definition) is 5. The third-order valence-electron chi connectivity index (χ3n) is 5.44. The maximum Gasteiger partial charge on any atom is 0.292 e. The van der Waals surface area contributed by atoms with Crippen LogP contribution < -0.4 is 4.74 Å². The first kappa shape index (κ1) is 20.4. The van der Waals surface area contributed by atoms with Crippen LogP contribution in [0.3, 0.4) is 0 Å². The SMILES string of the molecule is CCN(CC1CCCN(CCc2cccc(OC)c2)C1)C(=O)c1cc(C)no1. The summed E-state index contributed by atoms with van der Waals surface area (Å²) in [7, 11) is 1.70. The highest BCUT2D eigenvalue weighted by molar-refractivity contribution is 5.91. The van der Waals surface area contributed by atoms with Crippen molar-refractivity contribution in [1.29, 1.82) is 0 Å². The summed E-state index contributed by atoms with van der Waals surface area (Å²) < 4.78 is 10.5. The standard InChI is InChI=1S/C22H31N3O3/c1-4-25(22(26)21-13-17(2)23-28-21)16-19-8-6-11-24(15-19)12-10-18-7-5-9-20(14-18)27-3/h5,7,9,13-14,19H,4,6,8,10-12,15-16H2,1-3H3. The molecule has 1 saturated heterocycles. The van der Waals surface area contributed by atoms with Gasteiger partial charge in [-0.2, -0.15) is 0 Å². The van der Waals surface area contributed by atoms with E-state index < -0.39 is 0 Å². The Morgan fingerprint density at radius 2 is 2.25 bits per heavy atom. The van der Waals surface area contributed by atoms with Crippen LogP contribution in [0.1, 0.15) is 41.6 Å². The summed E-state index contributed by atoms with van der Waals surface area (Å²) in [6.45, 7) is 8.49. The molecule has 1 amide bonds. The summed E-state index contributed by atoms with van der Waals surface area (Å²) in [6, 6.07) is 10.0. The molecule has 0 spiro atoms. The summed E-state index contributed by atoms with van der Waals surface area (Å²) in [5.41, 5.74) is 2.04. The molecule has 6 heteroatoms. The molecule has 1 aromatic carbocycles. The molecule has 0 bridgehead atoms. The van der Waals surface area contributed by atoms with E-state index in [2.05, 4.69) is 22.2 Å². The summed E-state index contributed by atoms with van der Waals surface area (Å²) in [4.78, 5) is 17.1. The zero-order valence-corrected chi connectivity index (χ0v) is 17.2. The molecule has 0 saturated carbocycles. The van der Waals surface area contributed by atoms with E-state index in [1.807, 2.05) is 30.9 Å². The summed E-state index contributed by atoms with van der Waals surface area (Å²) in [6.07, 6.45) is 3.35. The van der Waals surface area contributed by atoms with Crippen molar-refractivity contribution in [2.24, 2.45) is 5.92 Å². The van der Waals surface area contributed by atoms with E-state index in [4.69, 9.17) is 9.26 Å². The molecule has 6 nitrogen and oxygen atoms in total. The number of rotatable bonds is 8. The maximum atomic E-state index is 12.7. The van der Waals surface area contributed by atoms with Gasteiger partial charge in [0.25, 0.3) is 5.91 Å². The van der Waals surface area contributed by atoms with Crippen molar-refractivity contribution in [1.82, 2.24) is 15.0 Å². The highest BCUT2D eigenvalue weighted by Crippen LogP contribution is 2.20. The molecule has 1 aliphatic heterocycles. The molecule has 1 aliphatic rings. The molecule has 0 radical (unpaired) electrons. The van der Waals surface area contributed by atoms with Gasteiger partial charge in [0, 0.05) is 32.2 Å². The number of carbonyl (C=O) groups is 1. The second-order valence-corrected chi connectivity index (χ2v) is 7.59. The monoisotopic (exact) mass is 385 g/mol. The van der Waals surface area contributed by atoms with Gasteiger partial charge in [0.1, 0.15) is 5.75 Å². The predicted octanol–water partition coefficient (Wildman–Crippen LogP) is 3.41. The second kappa shape index (κ2) is 9.73. The van der Waals surface area contributed by atoms with Crippen molar-refractivity contribution < 1.29 is 14.1 Å². The molecule has 2 aromatic rings. The van der Waals surface area contributed by atoms with Crippen LogP contribution in [0, 0.1) is 12.8 Å². The van der Waals surface area contributed by atoms with Crippen LogP contribution in [0.15, 0.2) is 34.9 Å². The van der Waals surface area contributed by atoms with Crippen LogP contribution >= 0.6 is 0 Å². The van der Waals surface area contributed by atoms with Crippen molar-refractivity contribution in [3.63, 3.8) is 0 Å². The van der Waals surface area contributed by atoms with Crippen molar-refractivity contribution in [3.05, 3.63) is 47.3 Å². The molecule has 1 aromatic heterocycles. The lowest BCUT2D eigenvalue weighted by Crippen LogP contribution is -2.43. The minimum atomic E-state index is -0.0587. The van der Waals surface area contributed by atoms with Gasteiger partial charge in [-0.1, -0.05) is 17.3 Å². The number of ether oxygens (including phenoxy) is 1. The summed E-state index contributed by atoms with van der Waals surface area (Å²) in [5.74, 6) is 1.68. The first-order valence-electron chi connectivity index (χ1n) is 10.2. The van der Waals surface area contributed by atoms with Crippen molar-refractivity contribution >= 4 is 5.91 Å². The van der Waals surface area contributed by atoms with Gasteiger partial charge in [-0.05, 0) is 63.3 Å². The quantitative estimate of drug-likeness (QED) is 0.697. The molecule has 1 fully saturated rings. The zero-order valence-electron chi connectivity index (χ0n) is 17.2. The van der Waals surface area contributed by atoms with E-state index in [1.54, 1.807) is 13.2 Å². The van der Waals surface area contributed by atoms with E-state index in [1.165, 1.54) is 12.0 Å². The van der Waals surface area contributed by atoms with E-state index in [0.717, 1.165) is 50.5 Å². The van der Waals surface area contributed by atoms with Gasteiger partial charge in [0.05, 0.1) is 12.8 Å². The Bertz CT molecular complexity index is 774. The first-order valence-corrected chi connectivity index (χ1v) is 10.2. The number of nitrogens with zero attached hydrogens (tertiary/aromatic N) is 3. The number of hydrogen-bond donors (Lipinski definition) is 0. The lowest BCUT2D eigenvalue weighted by Gasteiger charge is -2.35. The van der Waals surface area contributed by atoms with Gasteiger partial charge < -0.3 is 19.1 Å². The van der Waals surface area contributed by atoms with Gasteiger partial charge in [0.15, 0.2) is 0 Å².